The van der Waals surface area contributed by atoms with Gasteiger partial charge in [-0.1, -0.05) is 0 Å². The fourth-order valence-electron chi connectivity index (χ4n) is 0. The molecular formula is C2H6BaO3. The molecule has 0 heterocycles. The van der Waals surface area contributed by atoms with E-state index < -0.39 is 6.16 Å². The molecule has 0 radical (unpaired) electrons. The number of carboxylic acid groups (broad SMARTS) is 1. The average molecular weight is 215 g/mol. The summed E-state index contributed by atoms with van der Waals surface area (Å²) in [6.07, 6.45) is -1.25. The summed E-state index contributed by atoms with van der Waals surface area (Å²) < 4.78 is 3.67. The number of carbonyl (C=O) groups is 1. The second kappa shape index (κ2) is 5.84. The Balaban J connectivity index is 0. The van der Waals surface area contributed by atoms with Crippen molar-refractivity contribution in [3.05, 3.63) is 0 Å². The van der Waals surface area contributed by atoms with Crippen LogP contribution >= 0.6 is 0 Å². The zero-order valence-electron chi connectivity index (χ0n) is 2.76. The Hall–Kier alpha value is 0.841. The van der Waals surface area contributed by atoms with Crippen molar-refractivity contribution in [1.82, 2.24) is 0 Å². The Morgan fingerprint density at radius 1 is 1.83 bits per heavy atom. The van der Waals surface area contributed by atoms with Gasteiger partial charge in [0, 0.05) is 0 Å². The van der Waals surface area contributed by atoms with Crippen molar-refractivity contribution in [2.75, 3.05) is 7.11 Å². The molecular weight excluding hydrogens is 209 g/mol. The summed E-state index contributed by atoms with van der Waals surface area (Å²) in [4.78, 5) is 9.15. The van der Waals surface area contributed by atoms with Gasteiger partial charge in [-0.3, -0.25) is 0 Å². The minimum absolute atomic E-state index is 0. The van der Waals surface area contributed by atoms with Crippen LogP contribution < -0.4 is 0 Å². The van der Waals surface area contributed by atoms with Gasteiger partial charge in [0.1, 0.15) is 0 Å². The molecule has 0 unspecified atom stereocenters. The van der Waals surface area contributed by atoms with Crippen LogP contribution in [0.15, 0.2) is 0 Å². The zero-order valence-corrected chi connectivity index (χ0v) is 2.76. The molecule has 0 aliphatic carbocycles. The molecule has 0 amide bonds. The van der Waals surface area contributed by atoms with Crippen LogP contribution in [-0.4, -0.2) is 67.3 Å². The molecule has 0 aromatic rings. The first-order chi connectivity index (χ1) is 2.27. The van der Waals surface area contributed by atoms with Crippen LogP contribution in [0.5, 0.6) is 0 Å². The Labute approximate surface area is 75.7 Å². The zero-order chi connectivity index (χ0) is 4.28. The van der Waals surface area contributed by atoms with E-state index >= 15 is 0 Å². The molecule has 0 fully saturated rings. The summed E-state index contributed by atoms with van der Waals surface area (Å²) >= 11 is 0. The first-order valence-electron chi connectivity index (χ1n) is 1.04. The van der Waals surface area contributed by atoms with Crippen LogP contribution in [0.3, 0.4) is 0 Å². The summed E-state index contributed by atoms with van der Waals surface area (Å²) in [7, 11) is 1.10. The number of hydrogen-bond acceptors (Lipinski definition) is 2. The maximum absolute atomic E-state index is 9.15. The average Bonchev–Trinajstić information content (AvgIpc) is 1.38. The van der Waals surface area contributed by atoms with E-state index in [9.17, 15) is 0 Å². The van der Waals surface area contributed by atoms with Gasteiger partial charge < -0.3 is 9.84 Å². The summed E-state index contributed by atoms with van der Waals surface area (Å²) in [5.74, 6) is 0. The van der Waals surface area contributed by atoms with E-state index in [2.05, 4.69) is 4.74 Å². The quantitative estimate of drug-likeness (QED) is 0.433. The molecule has 0 saturated heterocycles. The third-order valence-corrected chi connectivity index (χ3v) is 0.175. The predicted octanol–water partition coefficient (Wildman–Crippen LogP) is -0.605. The van der Waals surface area contributed by atoms with E-state index in [0.29, 0.717) is 0 Å². The standard InChI is InChI=1S/C2H4O3.Ba.2H/c1-5-2(3)4;;;/h1H3,(H,3,4);;;. The van der Waals surface area contributed by atoms with E-state index in [1.165, 1.54) is 0 Å². The number of methoxy groups -OCH3 is 1. The molecule has 1 N–H and O–H groups in total. The molecule has 0 saturated carbocycles. The van der Waals surface area contributed by atoms with Gasteiger partial charge in [-0.25, -0.2) is 4.79 Å². The molecule has 0 atom stereocenters. The van der Waals surface area contributed by atoms with Crippen molar-refractivity contribution in [3.63, 3.8) is 0 Å². The first kappa shape index (κ1) is 9.96. The molecule has 6 heavy (non-hydrogen) atoms. The Bertz CT molecular complexity index is 44.1. The molecule has 4 heteroatoms. The normalized spacial score (nSPS) is 5.50. The molecule has 34 valence electrons. The van der Waals surface area contributed by atoms with E-state index in [0.717, 1.165) is 7.11 Å². The minimum atomic E-state index is -1.25. The summed E-state index contributed by atoms with van der Waals surface area (Å²) in [6.45, 7) is 0. The van der Waals surface area contributed by atoms with Crippen molar-refractivity contribution >= 4 is 55.0 Å². The van der Waals surface area contributed by atoms with E-state index in [4.69, 9.17) is 9.90 Å². The summed E-state index contributed by atoms with van der Waals surface area (Å²) in [5.41, 5.74) is 0. The molecule has 0 aromatic heterocycles. The van der Waals surface area contributed by atoms with Gasteiger partial charge in [-0.15, -0.1) is 0 Å². The number of ether oxygens (including phenoxy) is 1. The fourth-order valence-corrected chi connectivity index (χ4v) is 0. The maximum atomic E-state index is 9.15. The van der Waals surface area contributed by atoms with Crippen LogP contribution in [0.2, 0.25) is 0 Å². The topological polar surface area (TPSA) is 46.5 Å². The van der Waals surface area contributed by atoms with Crippen LogP contribution in [0.4, 0.5) is 4.79 Å². The second-order valence-electron chi connectivity index (χ2n) is 0.470. The SMILES string of the molecule is COC(=O)O.[BaH2]. The molecule has 0 rings (SSSR count). The molecule has 0 aromatic carbocycles. The Morgan fingerprint density at radius 3 is 2.00 bits per heavy atom. The fraction of sp³-hybridized carbons (Fsp3) is 0.500. The molecule has 0 bridgehead atoms. The Morgan fingerprint density at radius 2 is 2.00 bits per heavy atom. The Kier molecular flexibility index (Phi) is 9.70. The molecule has 3 nitrogen and oxygen atoms in total. The van der Waals surface area contributed by atoms with Crippen molar-refractivity contribution in [2.45, 2.75) is 0 Å². The van der Waals surface area contributed by atoms with E-state index in [1.54, 1.807) is 0 Å². The number of hydrogen-bond donors (Lipinski definition) is 1. The van der Waals surface area contributed by atoms with Crippen LogP contribution in [0.25, 0.3) is 0 Å². The van der Waals surface area contributed by atoms with E-state index in [-0.39, 0.29) is 48.9 Å². The van der Waals surface area contributed by atoms with Crippen molar-refractivity contribution in [2.24, 2.45) is 0 Å². The van der Waals surface area contributed by atoms with Gasteiger partial charge in [-0.05, 0) is 0 Å². The van der Waals surface area contributed by atoms with Crippen LogP contribution in [-0.2, 0) is 4.74 Å². The van der Waals surface area contributed by atoms with Gasteiger partial charge >= 0.3 is 55.0 Å². The predicted molar refractivity (Wildman–Crippen MR) is 23.6 cm³/mol. The third kappa shape index (κ3) is 8.85. The molecule has 0 aliphatic heterocycles. The third-order valence-electron chi connectivity index (χ3n) is 0.175. The van der Waals surface area contributed by atoms with Gasteiger partial charge in [0.05, 0.1) is 7.11 Å². The second-order valence-corrected chi connectivity index (χ2v) is 0.470. The molecule has 0 spiro atoms. The van der Waals surface area contributed by atoms with Crippen molar-refractivity contribution < 1.29 is 14.6 Å². The van der Waals surface area contributed by atoms with Crippen molar-refractivity contribution in [1.29, 1.82) is 0 Å². The van der Waals surface area contributed by atoms with Crippen LogP contribution in [0, 0.1) is 0 Å². The van der Waals surface area contributed by atoms with Gasteiger partial charge in [-0.2, -0.15) is 0 Å². The monoisotopic (exact) mass is 216 g/mol. The van der Waals surface area contributed by atoms with Crippen molar-refractivity contribution in [3.8, 4) is 0 Å². The van der Waals surface area contributed by atoms with E-state index in [1.807, 2.05) is 0 Å². The first-order valence-corrected chi connectivity index (χ1v) is 1.04. The van der Waals surface area contributed by atoms with Gasteiger partial charge in [0.15, 0.2) is 0 Å². The number of rotatable bonds is 0. The van der Waals surface area contributed by atoms with Gasteiger partial charge in [0.2, 0.25) is 0 Å². The van der Waals surface area contributed by atoms with Crippen LogP contribution in [0.1, 0.15) is 0 Å². The molecule has 0 aliphatic rings. The summed E-state index contributed by atoms with van der Waals surface area (Å²) in [6, 6.07) is 0. The summed E-state index contributed by atoms with van der Waals surface area (Å²) in [5, 5.41) is 7.50. The van der Waals surface area contributed by atoms with Gasteiger partial charge in [0.25, 0.3) is 0 Å².